The number of benzene rings is 1. The van der Waals surface area contributed by atoms with E-state index in [0.29, 0.717) is 32.7 Å². The lowest BCUT2D eigenvalue weighted by Gasteiger charge is -2.37. The topological polar surface area (TPSA) is 54.0 Å². The van der Waals surface area contributed by atoms with E-state index in [-0.39, 0.29) is 16.0 Å². The molecule has 2 rings (SSSR count). The first kappa shape index (κ1) is 35.5. The summed E-state index contributed by atoms with van der Waals surface area (Å²) in [6.07, 6.45) is 4.14. The zero-order chi connectivity index (χ0) is 31.1. The van der Waals surface area contributed by atoms with Gasteiger partial charge in [0.2, 0.25) is 0 Å². The molecular formula is C33H54O5SSi2. The molecular weight excluding hydrogens is 565 g/mol. The summed E-state index contributed by atoms with van der Waals surface area (Å²) in [4.78, 5) is 12.6. The average molecular weight is 619 g/mol. The van der Waals surface area contributed by atoms with Crippen LogP contribution >= 0.6 is 11.3 Å². The Labute approximate surface area is 255 Å². The van der Waals surface area contributed by atoms with Crippen LogP contribution in [-0.4, -0.2) is 29.7 Å². The minimum Gasteiger partial charge on any atom is -0.488 e. The van der Waals surface area contributed by atoms with Crippen LogP contribution in [0.15, 0.2) is 35.7 Å². The molecule has 2 aromatic rings. The fourth-order valence-corrected chi connectivity index (χ4v) is 6.35. The van der Waals surface area contributed by atoms with Gasteiger partial charge in [-0.25, -0.2) is 0 Å². The van der Waals surface area contributed by atoms with Crippen LogP contribution in [0, 0.1) is 0 Å². The van der Waals surface area contributed by atoms with E-state index in [9.17, 15) is 4.79 Å². The molecule has 0 N–H and O–H groups in total. The second-order valence-electron chi connectivity index (χ2n) is 13.8. The third kappa shape index (κ3) is 10.5. The van der Waals surface area contributed by atoms with Crippen molar-refractivity contribution in [3.8, 4) is 5.75 Å². The van der Waals surface area contributed by atoms with Crippen molar-refractivity contribution in [3.63, 3.8) is 0 Å². The molecule has 0 unspecified atom stereocenters. The second kappa shape index (κ2) is 14.6. The van der Waals surface area contributed by atoms with Crippen molar-refractivity contribution in [3.05, 3.63) is 57.3 Å². The molecule has 0 saturated heterocycles. The maximum absolute atomic E-state index is 11.5. The van der Waals surface area contributed by atoms with Gasteiger partial charge < -0.3 is 18.3 Å². The van der Waals surface area contributed by atoms with E-state index in [1.165, 1.54) is 23.8 Å². The standard InChI is InChI=1S/C33H54O5SSi2/c1-13-25(15-14-16-31(34)35-8)28-20-30(39-24-28)23-36-29-18-17-26(21-37-40(9,10)32(2,3)4)27(19-29)22-38-41(11,12)33(5,6)7/h15,17-20,24H,13-14,16,21-23H2,1-12H3. The predicted molar refractivity (Wildman–Crippen MR) is 179 cm³/mol. The molecule has 0 aliphatic heterocycles. The molecule has 0 saturated carbocycles. The molecule has 0 aliphatic carbocycles. The lowest BCUT2D eigenvalue weighted by Crippen LogP contribution is -2.41. The summed E-state index contributed by atoms with van der Waals surface area (Å²) in [7, 11) is -2.38. The Morgan fingerprint density at radius 3 is 2.00 bits per heavy atom. The van der Waals surface area contributed by atoms with Crippen LogP contribution < -0.4 is 4.74 Å². The van der Waals surface area contributed by atoms with Gasteiger partial charge in [-0.1, -0.05) is 60.6 Å². The second-order valence-corrected chi connectivity index (χ2v) is 24.4. The van der Waals surface area contributed by atoms with E-state index in [0.717, 1.165) is 22.6 Å². The van der Waals surface area contributed by atoms with E-state index in [1.54, 1.807) is 11.3 Å². The van der Waals surface area contributed by atoms with Gasteiger partial charge >= 0.3 is 5.97 Å². The fourth-order valence-electron chi connectivity index (χ4n) is 3.63. The van der Waals surface area contributed by atoms with E-state index in [2.05, 4.69) is 110 Å². The van der Waals surface area contributed by atoms with Gasteiger partial charge in [0.05, 0.1) is 20.3 Å². The number of hydrogen-bond donors (Lipinski definition) is 0. The molecule has 1 aromatic heterocycles. The zero-order valence-corrected chi connectivity index (χ0v) is 30.5. The van der Waals surface area contributed by atoms with Crippen LogP contribution in [0.1, 0.15) is 89.3 Å². The van der Waals surface area contributed by atoms with E-state index in [4.69, 9.17) is 18.3 Å². The largest absolute Gasteiger partial charge is 0.488 e. The first-order valence-corrected chi connectivity index (χ1v) is 21.5. The van der Waals surface area contributed by atoms with Gasteiger partial charge in [0, 0.05) is 11.3 Å². The minimum absolute atomic E-state index is 0.140. The number of carbonyl (C=O) groups is 1. The molecule has 41 heavy (non-hydrogen) atoms. The van der Waals surface area contributed by atoms with Crippen molar-refractivity contribution in [2.45, 2.75) is 124 Å². The third-order valence-electron chi connectivity index (χ3n) is 8.72. The van der Waals surface area contributed by atoms with Crippen LogP contribution in [-0.2, 0) is 38.2 Å². The third-order valence-corrected chi connectivity index (χ3v) is 18.6. The smallest absolute Gasteiger partial charge is 0.305 e. The summed E-state index contributed by atoms with van der Waals surface area (Å²) >= 11 is 1.70. The van der Waals surface area contributed by atoms with Crippen molar-refractivity contribution < 1.29 is 23.1 Å². The SMILES string of the molecule is CCC(=CCCC(=O)OC)c1csc(COc2ccc(CO[Si](C)(C)C(C)(C)C)c(CO[Si](C)(C)C(C)(C)C)c2)c1. The van der Waals surface area contributed by atoms with Crippen molar-refractivity contribution in [1.82, 2.24) is 0 Å². The Morgan fingerprint density at radius 1 is 0.878 bits per heavy atom. The monoisotopic (exact) mass is 618 g/mol. The number of carbonyl (C=O) groups excluding carboxylic acids is 1. The van der Waals surface area contributed by atoms with Gasteiger partial charge in [-0.3, -0.25) is 4.79 Å². The highest BCUT2D eigenvalue weighted by Gasteiger charge is 2.38. The minimum atomic E-state index is -1.92. The van der Waals surface area contributed by atoms with Gasteiger partial charge in [-0.15, -0.1) is 11.3 Å². The average Bonchev–Trinajstić information content (AvgIpc) is 3.35. The van der Waals surface area contributed by atoms with Crippen LogP contribution in [0.25, 0.3) is 5.57 Å². The molecule has 8 heteroatoms. The fraction of sp³-hybridized carbons (Fsp3) is 0.606. The predicted octanol–water partition coefficient (Wildman–Crippen LogP) is 10.1. The van der Waals surface area contributed by atoms with E-state index in [1.807, 2.05) is 0 Å². The lowest BCUT2D eigenvalue weighted by atomic mass is 10.0. The van der Waals surface area contributed by atoms with E-state index < -0.39 is 16.6 Å². The molecule has 5 nitrogen and oxygen atoms in total. The number of rotatable bonds is 14. The van der Waals surface area contributed by atoms with Crippen LogP contribution in [0.5, 0.6) is 5.75 Å². The Kier molecular flexibility index (Phi) is 12.7. The molecule has 0 fully saturated rings. The van der Waals surface area contributed by atoms with Crippen molar-refractivity contribution in [2.75, 3.05) is 7.11 Å². The molecule has 0 atom stereocenters. The molecule has 230 valence electrons. The maximum atomic E-state index is 11.5. The van der Waals surface area contributed by atoms with Crippen LogP contribution in [0.4, 0.5) is 0 Å². The summed E-state index contributed by atoms with van der Waals surface area (Å²) in [6.45, 7) is 26.6. The normalized spacial score (nSPS) is 13.4. The Balaban J connectivity index is 2.20. The first-order valence-electron chi connectivity index (χ1n) is 14.8. The number of esters is 1. The Bertz CT molecular complexity index is 1170. The highest BCUT2D eigenvalue weighted by atomic mass is 32.1. The highest BCUT2D eigenvalue weighted by Crippen LogP contribution is 2.39. The first-order chi connectivity index (χ1) is 18.9. The van der Waals surface area contributed by atoms with Crippen LogP contribution in [0.2, 0.25) is 36.3 Å². The zero-order valence-electron chi connectivity index (χ0n) is 27.7. The quantitative estimate of drug-likeness (QED) is 0.156. The van der Waals surface area contributed by atoms with Gasteiger partial charge in [-0.2, -0.15) is 0 Å². The van der Waals surface area contributed by atoms with Crippen molar-refractivity contribution >= 4 is 39.5 Å². The summed E-state index contributed by atoms with van der Waals surface area (Å²) in [6, 6.07) is 8.53. The number of ether oxygens (including phenoxy) is 2. The van der Waals surface area contributed by atoms with Gasteiger partial charge in [0.1, 0.15) is 12.4 Å². The van der Waals surface area contributed by atoms with Gasteiger partial charge in [-0.05, 0) is 94.9 Å². The number of methoxy groups -OCH3 is 1. The molecule has 1 aromatic carbocycles. The molecule has 0 spiro atoms. The van der Waals surface area contributed by atoms with Gasteiger partial charge in [0.25, 0.3) is 0 Å². The van der Waals surface area contributed by atoms with Crippen molar-refractivity contribution in [1.29, 1.82) is 0 Å². The lowest BCUT2D eigenvalue weighted by molar-refractivity contribution is -0.140. The summed E-state index contributed by atoms with van der Waals surface area (Å²) in [5, 5.41) is 2.47. The summed E-state index contributed by atoms with van der Waals surface area (Å²) in [5.74, 6) is 0.664. The van der Waals surface area contributed by atoms with Gasteiger partial charge in [0.15, 0.2) is 16.6 Å². The summed E-state index contributed by atoms with van der Waals surface area (Å²) in [5.41, 5.74) is 4.75. The molecule has 0 aliphatic rings. The highest BCUT2D eigenvalue weighted by molar-refractivity contribution is 7.10. The molecule has 1 heterocycles. The van der Waals surface area contributed by atoms with Crippen LogP contribution in [0.3, 0.4) is 0 Å². The maximum Gasteiger partial charge on any atom is 0.305 e. The molecule has 0 bridgehead atoms. The number of allylic oxidation sites excluding steroid dienone is 2. The molecule has 0 radical (unpaired) electrons. The number of thiophene rings is 1. The molecule has 0 amide bonds. The van der Waals surface area contributed by atoms with E-state index >= 15 is 0 Å². The summed E-state index contributed by atoms with van der Waals surface area (Å²) < 4.78 is 24.3. The Morgan fingerprint density at radius 2 is 1.46 bits per heavy atom. The van der Waals surface area contributed by atoms with Crippen molar-refractivity contribution in [2.24, 2.45) is 0 Å². The number of hydrogen-bond acceptors (Lipinski definition) is 6. The Hall–Kier alpha value is -1.72.